The number of carbonyl (C=O) groups is 4. The van der Waals surface area contributed by atoms with E-state index in [-0.39, 0.29) is 42.6 Å². The average Bonchev–Trinajstić information content (AvgIpc) is 3.45. The third-order valence-corrected chi connectivity index (χ3v) is 6.72. The van der Waals surface area contributed by atoms with Gasteiger partial charge in [-0.1, -0.05) is 6.07 Å². The average molecular weight is 480 g/mol. The Hall–Kier alpha value is -3.72. The Morgan fingerprint density at radius 3 is 2.56 bits per heavy atom. The molecule has 1 aliphatic heterocycles. The zero-order chi connectivity index (χ0) is 24.2. The second-order valence-corrected chi connectivity index (χ2v) is 9.11. The Morgan fingerprint density at radius 1 is 1.09 bits per heavy atom. The number of ketones is 1. The largest absolute Gasteiger partial charge is 0.454 e. The van der Waals surface area contributed by atoms with Crippen LogP contribution in [0.5, 0.6) is 0 Å². The van der Waals surface area contributed by atoms with Gasteiger partial charge >= 0.3 is 5.97 Å². The first kappa shape index (κ1) is 23.4. The van der Waals surface area contributed by atoms with Crippen molar-refractivity contribution in [2.75, 3.05) is 11.6 Å². The van der Waals surface area contributed by atoms with Crippen LogP contribution in [0.4, 0.5) is 5.69 Å². The zero-order valence-electron chi connectivity index (χ0n) is 19.0. The summed E-state index contributed by atoms with van der Waals surface area (Å²) in [5.74, 6) is -1.37. The van der Waals surface area contributed by atoms with Crippen LogP contribution in [-0.2, 0) is 27.3 Å². The molecule has 0 unspecified atom stereocenters. The number of anilines is 1. The van der Waals surface area contributed by atoms with Crippen LogP contribution in [0.15, 0.2) is 47.8 Å². The number of carbonyl (C=O) groups excluding carboxylic acids is 4. The molecule has 0 atom stereocenters. The lowest BCUT2D eigenvalue weighted by Gasteiger charge is -2.27. The fraction of sp³-hybridized carbons (Fsp3) is 0.280. The van der Waals surface area contributed by atoms with Crippen LogP contribution in [0, 0.1) is 13.8 Å². The molecular weight excluding hydrogens is 454 g/mol. The van der Waals surface area contributed by atoms with E-state index in [1.807, 2.05) is 31.4 Å². The van der Waals surface area contributed by atoms with Crippen LogP contribution in [0.25, 0.3) is 0 Å². The maximum Gasteiger partial charge on any atom is 0.338 e. The van der Waals surface area contributed by atoms with Crippen molar-refractivity contribution in [3.05, 3.63) is 75.2 Å². The number of rotatable bonds is 8. The van der Waals surface area contributed by atoms with E-state index >= 15 is 0 Å². The minimum Gasteiger partial charge on any atom is -0.454 e. The van der Waals surface area contributed by atoms with Crippen molar-refractivity contribution in [2.24, 2.45) is 0 Å². The van der Waals surface area contributed by atoms with Gasteiger partial charge in [-0.05, 0) is 62.0 Å². The Balaban J connectivity index is 1.35. The SMILES string of the molecule is Cc1cc(C(=O)COC(=O)c2ccc(N3NC(=O)CCC3=O)cc2)c(C)n1CCc1cccs1. The van der Waals surface area contributed by atoms with Crippen molar-refractivity contribution in [2.45, 2.75) is 39.7 Å². The van der Waals surface area contributed by atoms with Gasteiger partial charge in [-0.2, -0.15) is 0 Å². The smallest absolute Gasteiger partial charge is 0.338 e. The van der Waals surface area contributed by atoms with E-state index in [2.05, 4.69) is 16.1 Å². The number of Topliss-reactive ketones (excluding diaryl/α,β-unsaturated/α-hetero) is 1. The summed E-state index contributed by atoms with van der Waals surface area (Å²) in [6.07, 6.45) is 1.18. The third kappa shape index (κ3) is 5.09. The second kappa shape index (κ2) is 10.0. The Bertz CT molecular complexity index is 1230. The fourth-order valence-electron chi connectivity index (χ4n) is 3.93. The number of nitrogens with zero attached hydrogens (tertiary/aromatic N) is 2. The van der Waals surface area contributed by atoms with Gasteiger partial charge in [0, 0.05) is 41.2 Å². The van der Waals surface area contributed by atoms with E-state index in [4.69, 9.17) is 4.74 Å². The molecular formula is C25H25N3O5S. The van der Waals surface area contributed by atoms with Crippen molar-refractivity contribution in [1.82, 2.24) is 9.99 Å². The molecule has 1 fully saturated rings. The number of aromatic nitrogens is 1. The highest BCUT2D eigenvalue weighted by molar-refractivity contribution is 7.09. The van der Waals surface area contributed by atoms with Crippen LogP contribution in [0.3, 0.4) is 0 Å². The van der Waals surface area contributed by atoms with Gasteiger partial charge in [0.25, 0.3) is 0 Å². The molecule has 2 amide bonds. The normalized spacial score (nSPS) is 13.6. The summed E-state index contributed by atoms with van der Waals surface area (Å²) < 4.78 is 7.35. The van der Waals surface area contributed by atoms with Gasteiger partial charge in [-0.3, -0.25) is 19.8 Å². The summed E-state index contributed by atoms with van der Waals surface area (Å²) in [6, 6.07) is 12.0. The van der Waals surface area contributed by atoms with Gasteiger partial charge in [0.05, 0.1) is 11.3 Å². The van der Waals surface area contributed by atoms with E-state index in [0.29, 0.717) is 11.3 Å². The molecule has 0 aliphatic carbocycles. The predicted molar refractivity (Wildman–Crippen MR) is 128 cm³/mol. The molecule has 0 spiro atoms. The fourth-order valence-corrected chi connectivity index (χ4v) is 4.63. The molecule has 34 heavy (non-hydrogen) atoms. The van der Waals surface area contributed by atoms with Crippen molar-refractivity contribution >= 4 is 40.6 Å². The first-order chi connectivity index (χ1) is 16.3. The molecule has 1 saturated heterocycles. The van der Waals surface area contributed by atoms with Crippen molar-refractivity contribution in [3.8, 4) is 0 Å². The highest BCUT2D eigenvalue weighted by atomic mass is 32.1. The summed E-state index contributed by atoms with van der Waals surface area (Å²) in [5.41, 5.74) is 5.58. The first-order valence-electron chi connectivity index (χ1n) is 11.0. The zero-order valence-corrected chi connectivity index (χ0v) is 19.8. The maximum absolute atomic E-state index is 12.8. The molecule has 0 saturated carbocycles. The molecule has 176 valence electrons. The van der Waals surface area contributed by atoms with E-state index in [1.165, 1.54) is 22.0 Å². The van der Waals surface area contributed by atoms with E-state index < -0.39 is 5.97 Å². The summed E-state index contributed by atoms with van der Waals surface area (Å²) in [7, 11) is 0. The molecule has 0 radical (unpaired) electrons. The minimum atomic E-state index is -0.639. The monoisotopic (exact) mass is 479 g/mol. The molecule has 1 aliphatic rings. The number of aryl methyl sites for hydroxylation is 2. The lowest BCUT2D eigenvalue weighted by molar-refractivity contribution is -0.130. The topological polar surface area (TPSA) is 97.7 Å². The predicted octanol–water partition coefficient (Wildman–Crippen LogP) is 3.61. The van der Waals surface area contributed by atoms with Gasteiger partial charge in [-0.25, -0.2) is 9.80 Å². The number of hydrogen-bond donors (Lipinski definition) is 1. The number of benzene rings is 1. The third-order valence-electron chi connectivity index (χ3n) is 5.78. The van der Waals surface area contributed by atoms with Crippen LogP contribution in [0.1, 0.15) is 49.8 Å². The molecule has 2 aromatic heterocycles. The number of thiophene rings is 1. The van der Waals surface area contributed by atoms with Gasteiger partial charge in [0.2, 0.25) is 17.6 Å². The highest BCUT2D eigenvalue weighted by Gasteiger charge is 2.24. The van der Waals surface area contributed by atoms with Crippen molar-refractivity contribution in [1.29, 1.82) is 0 Å². The summed E-state index contributed by atoms with van der Waals surface area (Å²) >= 11 is 1.71. The van der Waals surface area contributed by atoms with Gasteiger partial charge < -0.3 is 9.30 Å². The molecule has 1 N–H and O–H groups in total. The standard InChI is InChI=1S/C25H25N3O5S/c1-16-14-21(17(2)27(16)12-11-20-4-3-13-34-20)22(29)15-33-25(32)18-5-7-19(8-6-18)28-24(31)10-9-23(30)26-28/h3-8,13-14H,9-12,15H2,1-2H3,(H,26,30). The quantitative estimate of drug-likeness (QED) is 0.393. The van der Waals surface area contributed by atoms with Gasteiger partial charge in [0.15, 0.2) is 6.61 Å². The number of esters is 1. The summed E-state index contributed by atoms with van der Waals surface area (Å²) in [6.45, 7) is 4.27. The van der Waals surface area contributed by atoms with Crippen LogP contribution >= 0.6 is 11.3 Å². The Kier molecular flexibility index (Phi) is 6.93. The van der Waals surface area contributed by atoms with Crippen LogP contribution < -0.4 is 10.4 Å². The molecule has 3 heterocycles. The number of hydrazine groups is 1. The van der Waals surface area contributed by atoms with E-state index in [1.54, 1.807) is 23.5 Å². The summed E-state index contributed by atoms with van der Waals surface area (Å²) in [4.78, 5) is 50.0. The second-order valence-electron chi connectivity index (χ2n) is 8.08. The molecule has 4 rings (SSSR count). The van der Waals surface area contributed by atoms with Gasteiger partial charge in [-0.15, -0.1) is 11.3 Å². The minimum absolute atomic E-state index is 0.131. The number of nitrogens with one attached hydrogen (secondary N) is 1. The Morgan fingerprint density at radius 2 is 1.85 bits per heavy atom. The molecule has 0 bridgehead atoms. The molecule has 8 nitrogen and oxygen atoms in total. The molecule has 1 aromatic carbocycles. The lowest BCUT2D eigenvalue weighted by atomic mass is 10.1. The molecule has 9 heteroatoms. The van der Waals surface area contributed by atoms with Crippen molar-refractivity contribution < 1.29 is 23.9 Å². The Labute approximate surface area is 201 Å². The summed E-state index contributed by atoms with van der Waals surface area (Å²) in [5, 5.41) is 3.21. The maximum atomic E-state index is 12.8. The molecule has 3 aromatic rings. The number of hydrogen-bond acceptors (Lipinski definition) is 6. The first-order valence-corrected chi connectivity index (χ1v) is 11.8. The highest BCUT2D eigenvalue weighted by Crippen LogP contribution is 2.20. The van der Waals surface area contributed by atoms with Gasteiger partial charge in [0.1, 0.15) is 0 Å². The number of ether oxygens (including phenoxy) is 1. The van der Waals surface area contributed by atoms with E-state index in [0.717, 1.165) is 24.4 Å². The number of amides is 2. The van der Waals surface area contributed by atoms with E-state index in [9.17, 15) is 19.2 Å². The van der Waals surface area contributed by atoms with Crippen LogP contribution in [0.2, 0.25) is 0 Å². The van der Waals surface area contributed by atoms with Crippen molar-refractivity contribution in [3.63, 3.8) is 0 Å². The lowest BCUT2D eigenvalue weighted by Crippen LogP contribution is -2.50. The van der Waals surface area contributed by atoms with Crippen LogP contribution in [-0.4, -0.2) is 34.7 Å².